The number of halogens is 4. The van der Waals surface area contributed by atoms with Gasteiger partial charge < -0.3 is 9.88 Å². The first-order valence-corrected chi connectivity index (χ1v) is 8.14. The zero-order valence-electron chi connectivity index (χ0n) is 14.5. The van der Waals surface area contributed by atoms with E-state index >= 15 is 0 Å². The van der Waals surface area contributed by atoms with Gasteiger partial charge in [-0.25, -0.2) is 4.98 Å². The van der Waals surface area contributed by atoms with Gasteiger partial charge in [0.1, 0.15) is 5.82 Å². The molecule has 0 fully saturated rings. The summed E-state index contributed by atoms with van der Waals surface area (Å²) in [5.41, 5.74) is 0.561. The number of fused-ring (bicyclic) bond motifs is 1. The van der Waals surface area contributed by atoms with E-state index in [4.69, 9.17) is 0 Å². The van der Waals surface area contributed by atoms with Crippen LogP contribution in [-0.4, -0.2) is 14.5 Å². The highest BCUT2D eigenvalue weighted by atomic mass is 35.5. The van der Waals surface area contributed by atoms with E-state index in [9.17, 15) is 13.2 Å². The molecule has 3 rings (SSSR count). The van der Waals surface area contributed by atoms with Crippen molar-refractivity contribution in [3.05, 3.63) is 48.0 Å². The summed E-state index contributed by atoms with van der Waals surface area (Å²) in [6, 6.07) is 3.75. The van der Waals surface area contributed by atoms with Gasteiger partial charge >= 0.3 is 6.18 Å². The zero-order valence-corrected chi connectivity index (χ0v) is 15.3. The van der Waals surface area contributed by atoms with E-state index in [0.29, 0.717) is 11.4 Å². The van der Waals surface area contributed by atoms with Crippen LogP contribution in [0.3, 0.4) is 0 Å². The van der Waals surface area contributed by atoms with Crippen LogP contribution in [0.15, 0.2) is 36.9 Å². The van der Waals surface area contributed by atoms with Gasteiger partial charge in [0.05, 0.1) is 16.8 Å². The van der Waals surface area contributed by atoms with E-state index in [1.54, 1.807) is 13.1 Å². The third-order valence-corrected chi connectivity index (χ3v) is 4.13. The molecule has 26 heavy (non-hydrogen) atoms. The predicted molar refractivity (Wildman–Crippen MR) is 99.1 cm³/mol. The largest absolute Gasteiger partial charge is 0.419 e. The van der Waals surface area contributed by atoms with Crippen LogP contribution in [0.5, 0.6) is 0 Å². The van der Waals surface area contributed by atoms with Gasteiger partial charge in [-0.2, -0.15) is 13.2 Å². The van der Waals surface area contributed by atoms with Crippen molar-refractivity contribution in [2.45, 2.75) is 39.4 Å². The van der Waals surface area contributed by atoms with Crippen LogP contribution < -0.4 is 5.32 Å². The number of nitrogens with one attached hydrogen (secondary N) is 1. The van der Waals surface area contributed by atoms with Crippen LogP contribution in [0.2, 0.25) is 0 Å². The van der Waals surface area contributed by atoms with E-state index in [2.05, 4.69) is 26.8 Å². The van der Waals surface area contributed by atoms with Gasteiger partial charge in [-0.1, -0.05) is 13.3 Å². The molecule has 0 atom stereocenters. The number of aryl methyl sites for hydroxylation is 2. The van der Waals surface area contributed by atoms with Gasteiger partial charge in [-0.3, -0.25) is 4.98 Å². The van der Waals surface area contributed by atoms with Crippen molar-refractivity contribution in [3.63, 3.8) is 0 Å². The molecule has 4 nitrogen and oxygen atoms in total. The number of aromatic nitrogens is 3. The number of pyridine rings is 2. The van der Waals surface area contributed by atoms with Crippen molar-refractivity contribution in [2.24, 2.45) is 0 Å². The Morgan fingerprint density at radius 2 is 1.96 bits per heavy atom. The molecule has 0 aliphatic carbocycles. The molecule has 0 aromatic carbocycles. The number of hydrogen-bond donors (Lipinski definition) is 1. The zero-order chi connectivity index (χ0) is 18.0. The molecule has 0 bridgehead atoms. The van der Waals surface area contributed by atoms with Gasteiger partial charge in [0.15, 0.2) is 0 Å². The van der Waals surface area contributed by atoms with Gasteiger partial charge in [0, 0.05) is 36.7 Å². The van der Waals surface area contributed by atoms with Crippen LogP contribution in [0.1, 0.15) is 30.9 Å². The maximum Gasteiger partial charge on any atom is 0.419 e. The highest BCUT2D eigenvalue weighted by Gasteiger charge is 2.34. The maximum absolute atomic E-state index is 13.3. The van der Waals surface area contributed by atoms with E-state index in [0.717, 1.165) is 36.5 Å². The Kier molecular flexibility index (Phi) is 6.13. The molecular weight excluding hydrogens is 365 g/mol. The van der Waals surface area contributed by atoms with Crippen molar-refractivity contribution in [1.29, 1.82) is 0 Å². The summed E-state index contributed by atoms with van der Waals surface area (Å²) in [5.74, 6) is 0.410. The summed E-state index contributed by atoms with van der Waals surface area (Å²) in [7, 11) is 0. The highest BCUT2D eigenvalue weighted by molar-refractivity contribution is 5.92. The molecule has 1 N–H and O–H groups in total. The van der Waals surface area contributed by atoms with E-state index in [1.165, 1.54) is 6.20 Å². The smallest absolute Gasteiger partial charge is 0.347 e. The fraction of sp³-hybridized carbons (Fsp3) is 0.333. The summed E-state index contributed by atoms with van der Waals surface area (Å²) in [5, 5.41) is 3.67. The van der Waals surface area contributed by atoms with Crippen molar-refractivity contribution in [3.8, 4) is 0 Å². The Balaban J connectivity index is 0.00000243. The lowest BCUT2D eigenvalue weighted by molar-refractivity contribution is -0.137. The predicted octanol–water partition coefficient (Wildman–Crippen LogP) is 5.72. The molecule has 0 aliphatic heterocycles. The lowest BCUT2D eigenvalue weighted by Crippen LogP contribution is -2.11. The summed E-state index contributed by atoms with van der Waals surface area (Å²) in [6.07, 6.45) is 3.42. The third kappa shape index (κ3) is 3.93. The first kappa shape index (κ1) is 20.0. The lowest BCUT2D eigenvalue weighted by atomic mass is 10.1. The van der Waals surface area contributed by atoms with Crippen LogP contribution in [0, 0.1) is 6.92 Å². The lowest BCUT2D eigenvalue weighted by Gasteiger charge is -2.16. The molecule has 8 heteroatoms. The van der Waals surface area contributed by atoms with Crippen molar-refractivity contribution < 1.29 is 13.2 Å². The van der Waals surface area contributed by atoms with Crippen molar-refractivity contribution >= 4 is 34.8 Å². The Labute approximate surface area is 155 Å². The first-order valence-electron chi connectivity index (χ1n) is 8.14. The van der Waals surface area contributed by atoms with Gasteiger partial charge in [-0.05, 0) is 31.0 Å². The number of nitrogens with zero attached hydrogens (tertiary/aromatic N) is 3. The Bertz CT molecular complexity index is 890. The van der Waals surface area contributed by atoms with Crippen LogP contribution in [-0.2, 0) is 12.7 Å². The molecule has 0 saturated carbocycles. The fourth-order valence-corrected chi connectivity index (χ4v) is 2.81. The van der Waals surface area contributed by atoms with Crippen LogP contribution in [0.25, 0.3) is 10.9 Å². The molecule has 0 saturated heterocycles. The van der Waals surface area contributed by atoms with E-state index in [-0.39, 0.29) is 18.1 Å². The third-order valence-electron chi connectivity index (χ3n) is 4.13. The number of rotatable bonds is 5. The Morgan fingerprint density at radius 1 is 1.19 bits per heavy atom. The molecule has 0 amide bonds. The van der Waals surface area contributed by atoms with Gasteiger partial charge in [0.25, 0.3) is 0 Å². The summed E-state index contributed by atoms with van der Waals surface area (Å²) >= 11 is 0. The summed E-state index contributed by atoms with van der Waals surface area (Å²) in [6.45, 7) is 4.58. The molecule has 0 unspecified atom stereocenters. The number of alkyl halides is 3. The van der Waals surface area contributed by atoms with Gasteiger partial charge in [0.2, 0.25) is 0 Å². The average Bonchev–Trinajstić information content (AvgIpc) is 2.98. The quantitative estimate of drug-likeness (QED) is 0.611. The highest BCUT2D eigenvalue weighted by Crippen LogP contribution is 2.37. The van der Waals surface area contributed by atoms with Crippen molar-refractivity contribution in [1.82, 2.24) is 14.5 Å². The second-order valence-electron chi connectivity index (χ2n) is 5.96. The molecule has 3 aromatic heterocycles. The molecular formula is C18H20ClF3N4. The topological polar surface area (TPSA) is 42.7 Å². The Morgan fingerprint density at radius 3 is 2.65 bits per heavy atom. The summed E-state index contributed by atoms with van der Waals surface area (Å²) < 4.78 is 41.9. The molecule has 140 valence electrons. The Hall–Kier alpha value is -2.28. The molecule has 0 aliphatic rings. The first-order chi connectivity index (χ1) is 11.9. The van der Waals surface area contributed by atoms with Crippen LogP contribution in [0.4, 0.5) is 24.7 Å². The maximum atomic E-state index is 13.3. The van der Waals surface area contributed by atoms with Crippen LogP contribution >= 0.6 is 12.4 Å². The van der Waals surface area contributed by atoms with E-state index in [1.807, 2.05) is 18.3 Å². The number of hydrogen-bond acceptors (Lipinski definition) is 3. The number of unbranched alkanes of at least 4 members (excludes halogenated alkanes) is 1. The molecule has 0 radical (unpaired) electrons. The standard InChI is InChI=1S/C18H19F3N4.ClH/c1-3-4-8-25-9-6-13-15(25)5-7-23-17(13)24-16-12(2)10-22-11-14(16)18(19,20)21;/h5-7,9-11H,3-4,8H2,1-2H3,(H,22,23,24);1H. The minimum atomic E-state index is -4.48. The average molecular weight is 385 g/mol. The fourth-order valence-electron chi connectivity index (χ4n) is 2.81. The second-order valence-corrected chi connectivity index (χ2v) is 5.96. The SMILES string of the molecule is CCCCn1ccc2c(Nc3c(C)cncc3C(F)(F)F)nccc21.Cl. The van der Waals surface area contributed by atoms with Gasteiger partial charge in [-0.15, -0.1) is 12.4 Å². The monoisotopic (exact) mass is 384 g/mol. The second kappa shape index (κ2) is 7.95. The summed E-state index contributed by atoms with van der Waals surface area (Å²) in [4.78, 5) is 7.92. The van der Waals surface area contributed by atoms with E-state index < -0.39 is 11.7 Å². The molecule has 0 spiro atoms. The normalized spacial score (nSPS) is 11.4. The number of anilines is 2. The minimum Gasteiger partial charge on any atom is -0.347 e. The van der Waals surface area contributed by atoms with Crippen molar-refractivity contribution in [2.75, 3.05) is 5.32 Å². The molecule has 3 aromatic rings. The molecule has 3 heterocycles. The minimum absolute atomic E-state index is 0.